The number of fused-ring (bicyclic) bond motifs is 1. The van der Waals surface area contributed by atoms with Crippen molar-refractivity contribution in [3.8, 4) is 0 Å². The summed E-state index contributed by atoms with van der Waals surface area (Å²) in [5.41, 5.74) is 8.99. The van der Waals surface area contributed by atoms with Crippen LogP contribution in [0, 0.1) is 5.92 Å². The summed E-state index contributed by atoms with van der Waals surface area (Å²) in [5, 5.41) is 4.12. The van der Waals surface area contributed by atoms with Crippen molar-refractivity contribution in [1.29, 1.82) is 0 Å². The van der Waals surface area contributed by atoms with E-state index in [1.54, 1.807) is 11.3 Å². The second-order valence-corrected chi connectivity index (χ2v) is 7.82. The molecule has 1 amide bonds. The fraction of sp³-hybridized carbons (Fsp3) is 0.300. The largest absolute Gasteiger partial charge is 0.328 e. The number of halogens is 1. The van der Waals surface area contributed by atoms with Crippen molar-refractivity contribution in [3.63, 3.8) is 0 Å². The highest BCUT2D eigenvalue weighted by atomic mass is 35.5. The van der Waals surface area contributed by atoms with Crippen LogP contribution in [0.3, 0.4) is 0 Å². The van der Waals surface area contributed by atoms with E-state index < -0.39 is 0 Å². The highest BCUT2D eigenvalue weighted by Gasteiger charge is 2.27. The Labute approximate surface area is 163 Å². The zero-order valence-corrected chi connectivity index (χ0v) is 16.0. The van der Waals surface area contributed by atoms with Gasteiger partial charge in [0.15, 0.2) is 0 Å². The van der Waals surface area contributed by atoms with Crippen LogP contribution < -0.4 is 11.1 Å². The van der Waals surface area contributed by atoms with Gasteiger partial charge in [0.25, 0.3) is 0 Å². The first-order valence-electron chi connectivity index (χ1n) is 8.67. The molecule has 3 aromatic rings. The van der Waals surface area contributed by atoms with Gasteiger partial charge in [-0.25, -0.2) is 4.98 Å². The summed E-state index contributed by atoms with van der Waals surface area (Å²) in [7, 11) is 0. The lowest BCUT2D eigenvalue weighted by atomic mass is 10.1. The van der Waals surface area contributed by atoms with Gasteiger partial charge in [-0.15, -0.1) is 23.7 Å². The summed E-state index contributed by atoms with van der Waals surface area (Å²) in [5.74, 6) is 0.143. The van der Waals surface area contributed by atoms with Crippen molar-refractivity contribution in [1.82, 2.24) is 4.98 Å². The Morgan fingerprint density at radius 2 is 1.92 bits per heavy atom. The number of amides is 1. The molecule has 0 saturated heterocycles. The standard InChI is InChI=1S/C20H21N3OS.ClH/c21-15-8-7-14(12-15)20(24)22-16-9-5-13(6-10-16)11-19-23-17-3-1-2-4-18(17)25-19;/h1-6,9-10,14-15H,7-8,11-12,21H2,(H,22,24);1H. The van der Waals surface area contributed by atoms with Gasteiger partial charge in [-0.2, -0.15) is 0 Å². The minimum Gasteiger partial charge on any atom is -0.328 e. The quantitative estimate of drug-likeness (QED) is 0.698. The molecule has 1 aromatic heterocycles. The fourth-order valence-electron chi connectivity index (χ4n) is 3.37. The highest BCUT2D eigenvalue weighted by molar-refractivity contribution is 7.18. The molecule has 2 unspecified atom stereocenters. The van der Waals surface area contributed by atoms with Crippen LogP contribution in [0.25, 0.3) is 10.2 Å². The van der Waals surface area contributed by atoms with E-state index in [4.69, 9.17) is 5.73 Å². The summed E-state index contributed by atoms with van der Waals surface area (Å²) in [6, 6.07) is 16.4. The maximum absolute atomic E-state index is 12.3. The third-order valence-electron chi connectivity index (χ3n) is 4.76. The van der Waals surface area contributed by atoms with Crippen molar-refractivity contribution < 1.29 is 4.79 Å². The normalized spacial score (nSPS) is 19.3. The molecular weight excluding hydrogens is 366 g/mol. The van der Waals surface area contributed by atoms with Gasteiger partial charge in [-0.3, -0.25) is 4.79 Å². The van der Waals surface area contributed by atoms with E-state index in [1.165, 1.54) is 10.3 Å². The number of thiazole rings is 1. The Morgan fingerprint density at radius 1 is 1.15 bits per heavy atom. The molecule has 2 aromatic carbocycles. The van der Waals surface area contributed by atoms with Crippen LogP contribution >= 0.6 is 23.7 Å². The zero-order chi connectivity index (χ0) is 17.2. The Hall–Kier alpha value is -1.95. The molecule has 0 bridgehead atoms. The fourth-order valence-corrected chi connectivity index (χ4v) is 4.38. The zero-order valence-electron chi connectivity index (χ0n) is 14.4. The first-order valence-corrected chi connectivity index (χ1v) is 9.49. The van der Waals surface area contributed by atoms with Crippen LogP contribution in [0.15, 0.2) is 48.5 Å². The van der Waals surface area contributed by atoms with E-state index in [0.29, 0.717) is 0 Å². The molecule has 0 aliphatic heterocycles. The molecule has 2 atom stereocenters. The number of rotatable bonds is 4. The number of nitrogens with zero attached hydrogens (tertiary/aromatic N) is 1. The van der Waals surface area contributed by atoms with Crippen LogP contribution in [-0.2, 0) is 11.2 Å². The summed E-state index contributed by atoms with van der Waals surface area (Å²) >= 11 is 1.73. The summed E-state index contributed by atoms with van der Waals surface area (Å²) in [6.45, 7) is 0. The highest BCUT2D eigenvalue weighted by Crippen LogP contribution is 2.26. The molecule has 3 N–H and O–H groups in total. The number of hydrogen-bond donors (Lipinski definition) is 2. The second kappa shape index (κ2) is 8.16. The van der Waals surface area contributed by atoms with Crippen molar-refractivity contribution >= 4 is 45.6 Å². The molecule has 4 rings (SSSR count). The van der Waals surface area contributed by atoms with E-state index in [9.17, 15) is 4.79 Å². The summed E-state index contributed by atoms with van der Waals surface area (Å²) in [6.07, 6.45) is 3.44. The number of nitrogens with two attached hydrogens (primary N) is 1. The maximum Gasteiger partial charge on any atom is 0.227 e. The number of para-hydroxylation sites is 1. The molecule has 1 aliphatic carbocycles. The maximum atomic E-state index is 12.3. The van der Waals surface area contributed by atoms with E-state index in [1.807, 2.05) is 30.3 Å². The Kier molecular flexibility index (Phi) is 5.91. The van der Waals surface area contributed by atoms with Crippen molar-refractivity contribution in [2.24, 2.45) is 11.7 Å². The first-order chi connectivity index (χ1) is 12.2. The predicted octanol–water partition coefficient (Wildman–Crippen LogP) is 4.37. The molecule has 1 aliphatic rings. The lowest BCUT2D eigenvalue weighted by molar-refractivity contribution is -0.119. The molecule has 1 saturated carbocycles. The van der Waals surface area contributed by atoms with Crippen LogP contribution in [0.2, 0.25) is 0 Å². The molecule has 0 radical (unpaired) electrons. The molecule has 26 heavy (non-hydrogen) atoms. The molecule has 1 fully saturated rings. The molecule has 6 heteroatoms. The van der Waals surface area contributed by atoms with E-state index in [-0.39, 0.29) is 30.3 Å². The number of carbonyl (C=O) groups is 1. The topological polar surface area (TPSA) is 68.0 Å². The van der Waals surface area contributed by atoms with Crippen molar-refractivity contribution in [2.45, 2.75) is 31.7 Å². The van der Waals surface area contributed by atoms with E-state index in [2.05, 4.69) is 28.5 Å². The van der Waals surface area contributed by atoms with Gasteiger partial charge in [0.1, 0.15) is 0 Å². The molecule has 136 valence electrons. The lowest BCUT2D eigenvalue weighted by Crippen LogP contribution is -2.23. The third-order valence-corrected chi connectivity index (χ3v) is 5.80. The number of anilines is 1. The average Bonchev–Trinajstić information content (AvgIpc) is 3.22. The third kappa shape index (κ3) is 4.23. The van der Waals surface area contributed by atoms with Crippen LogP contribution in [0.1, 0.15) is 29.8 Å². The van der Waals surface area contributed by atoms with Gasteiger partial charge in [0.05, 0.1) is 15.2 Å². The van der Waals surface area contributed by atoms with Gasteiger partial charge in [0.2, 0.25) is 5.91 Å². The lowest BCUT2D eigenvalue weighted by Gasteiger charge is -2.11. The Morgan fingerprint density at radius 3 is 2.62 bits per heavy atom. The monoisotopic (exact) mass is 387 g/mol. The number of hydrogen-bond acceptors (Lipinski definition) is 4. The minimum absolute atomic E-state index is 0. The van der Waals surface area contributed by atoms with E-state index >= 15 is 0 Å². The first kappa shape index (κ1) is 18.8. The summed E-state index contributed by atoms with van der Waals surface area (Å²) in [4.78, 5) is 16.9. The molecular formula is C20H22ClN3OS. The molecule has 4 nitrogen and oxygen atoms in total. The van der Waals surface area contributed by atoms with Crippen LogP contribution in [0.4, 0.5) is 5.69 Å². The number of nitrogens with one attached hydrogen (secondary N) is 1. The number of aromatic nitrogens is 1. The Bertz CT molecular complexity index is 860. The number of benzene rings is 2. The van der Waals surface area contributed by atoms with Crippen molar-refractivity contribution in [2.75, 3.05) is 5.32 Å². The van der Waals surface area contributed by atoms with Gasteiger partial charge in [-0.1, -0.05) is 24.3 Å². The summed E-state index contributed by atoms with van der Waals surface area (Å²) < 4.78 is 1.22. The van der Waals surface area contributed by atoms with Gasteiger partial charge in [0, 0.05) is 24.1 Å². The Balaban J connectivity index is 0.00000196. The minimum atomic E-state index is 0. The SMILES string of the molecule is Cl.NC1CCC(C(=O)Nc2ccc(Cc3nc4ccccc4s3)cc2)C1. The molecule has 1 heterocycles. The van der Waals surface area contributed by atoms with Crippen LogP contribution in [-0.4, -0.2) is 16.9 Å². The van der Waals surface area contributed by atoms with E-state index in [0.717, 1.165) is 41.9 Å². The van der Waals surface area contributed by atoms with Gasteiger partial charge < -0.3 is 11.1 Å². The smallest absolute Gasteiger partial charge is 0.227 e. The van der Waals surface area contributed by atoms with Gasteiger partial charge >= 0.3 is 0 Å². The average molecular weight is 388 g/mol. The number of carbonyl (C=O) groups excluding carboxylic acids is 1. The van der Waals surface area contributed by atoms with Gasteiger partial charge in [-0.05, 0) is 49.1 Å². The van der Waals surface area contributed by atoms with Crippen molar-refractivity contribution in [3.05, 3.63) is 59.1 Å². The second-order valence-electron chi connectivity index (χ2n) is 6.71. The van der Waals surface area contributed by atoms with Crippen LogP contribution in [0.5, 0.6) is 0 Å². The predicted molar refractivity (Wildman–Crippen MR) is 110 cm³/mol. The molecule has 0 spiro atoms.